The van der Waals surface area contributed by atoms with Crippen LogP contribution < -0.4 is 5.32 Å². The first-order valence-electron chi connectivity index (χ1n) is 5.87. The van der Waals surface area contributed by atoms with Gasteiger partial charge in [0.25, 0.3) is 0 Å². The van der Waals surface area contributed by atoms with Crippen molar-refractivity contribution in [1.82, 2.24) is 0 Å². The van der Waals surface area contributed by atoms with Gasteiger partial charge in [0.1, 0.15) is 5.82 Å². The number of carbonyl (C=O) groups is 1. The van der Waals surface area contributed by atoms with Gasteiger partial charge in [-0.3, -0.25) is 4.79 Å². The van der Waals surface area contributed by atoms with Gasteiger partial charge in [0.05, 0.1) is 12.1 Å². The van der Waals surface area contributed by atoms with Crippen molar-refractivity contribution in [2.24, 2.45) is 0 Å². The van der Waals surface area contributed by atoms with E-state index in [0.29, 0.717) is 0 Å². The molecule has 0 aliphatic heterocycles. The van der Waals surface area contributed by atoms with Crippen molar-refractivity contribution in [1.29, 1.82) is 0 Å². The maximum atomic E-state index is 13.4. The minimum atomic E-state index is -0.422. The fourth-order valence-corrected chi connectivity index (χ4v) is 2.40. The van der Waals surface area contributed by atoms with E-state index in [1.807, 2.05) is 30.5 Å². The van der Waals surface area contributed by atoms with Crippen LogP contribution in [0.15, 0.2) is 53.4 Å². The number of thioether (sulfide) groups is 1. The molecular formula is C15H14FNOS. The highest BCUT2D eigenvalue weighted by atomic mass is 32.2. The van der Waals surface area contributed by atoms with E-state index in [9.17, 15) is 9.18 Å². The van der Waals surface area contributed by atoms with Gasteiger partial charge in [-0.25, -0.2) is 4.39 Å². The van der Waals surface area contributed by atoms with Crippen molar-refractivity contribution in [3.05, 3.63) is 59.9 Å². The zero-order valence-electron chi connectivity index (χ0n) is 10.5. The summed E-state index contributed by atoms with van der Waals surface area (Å²) in [5.74, 6) is -0.638. The van der Waals surface area contributed by atoms with E-state index >= 15 is 0 Å². The molecule has 1 N–H and O–H groups in total. The predicted octanol–water partition coefficient (Wildman–Crippen LogP) is 3.73. The molecule has 0 atom stereocenters. The first-order chi connectivity index (χ1) is 9.20. The number of amides is 1. The molecule has 1 amide bonds. The molecule has 98 valence electrons. The number of nitrogens with one attached hydrogen (secondary N) is 1. The first-order valence-corrected chi connectivity index (χ1v) is 7.09. The molecule has 0 unspecified atom stereocenters. The van der Waals surface area contributed by atoms with E-state index in [-0.39, 0.29) is 18.0 Å². The van der Waals surface area contributed by atoms with Gasteiger partial charge < -0.3 is 5.32 Å². The summed E-state index contributed by atoms with van der Waals surface area (Å²) in [5.41, 5.74) is 1.16. The molecule has 0 fully saturated rings. The number of halogens is 1. The van der Waals surface area contributed by atoms with Crippen molar-refractivity contribution in [2.45, 2.75) is 11.3 Å². The average Bonchev–Trinajstić information content (AvgIpc) is 2.42. The molecule has 0 saturated heterocycles. The normalized spacial score (nSPS) is 10.2. The summed E-state index contributed by atoms with van der Waals surface area (Å²) in [5, 5.41) is 2.59. The Balaban J connectivity index is 2.08. The van der Waals surface area contributed by atoms with Gasteiger partial charge in [-0.2, -0.15) is 0 Å². The second-order valence-electron chi connectivity index (χ2n) is 4.02. The lowest BCUT2D eigenvalue weighted by molar-refractivity contribution is -0.115. The average molecular weight is 275 g/mol. The molecule has 0 spiro atoms. The van der Waals surface area contributed by atoms with Gasteiger partial charge in [-0.1, -0.05) is 30.3 Å². The van der Waals surface area contributed by atoms with Gasteiger partial charge in [-0.15, -0.1) is 11.8 Å². The summed E-state index contributed by atoms with van der Waals surface area (Å²) in [6.45, 7) is 0. The summed E-state index contributed by atoms with van der Waals surface area (Å²) in [4.78, 5) is 13.0. The van der Waals surface area contributed by atoms with E-state index in [4.69, 9.17) is 0 Å². The van der Waals surface area contributed by atoms with Gasteiger partial charge in [0, 0.05) is 4.90 Å². The number of hydrogen-bond donors (Lipinski definition) is 1. The molecule has 2 rings (SSSR count). The summed E-state index contributed by atoms with van der Waals surface area (Å²) in [7, 11) is 0. The monoisotopic (exact) mass is 275 g/mol. The summed E-state index contributed by atoms with van der Waals surface area (Å²) < 4.78 is 13.4. The van der Waals surface area contributed by atoms with E-state index < -0.39 is 5.82 Å². The Bertz CT molecular complexity index is 586. The van der Waals surface area contributed by atoms with E-state index in [2.05, 4.69) is 5.32 Å². The van der Waals surface area contributed by atoms with Gasteiger partial charge in [0.15, 0.2) is 0 Å². The van der Waals surface area contributed by atoms with Crippen molar-refractivity contribution in [3.8, 4) is 0 Å². The van der Waals surface area contributed by atoms with Crippen LogP contribution in [-0.2, 0) is 11.2 Å². The van der Waals surface area contributed by atoms with E-state index in [0.717, 1.165) is 10.5 Å². The molecular weight excluding hydrogens is 261 g/mol. The molecule has 0 radical (unpaired) electrons. The van der Waals surface area contributed by atoms with Crippen molar-refractivity contribution < 1.29 is 9.18 Å². The Kier molecular flexibility index (Phi) is 4.58. The zero-order valence-corrected chi connectivity index (χ0v) is 11.3. The molecule has 19 heavy (non-hydrogen) atoms. The van der Waals surface area contributed by atoms with Crippen LogP contribution in [0, 0.1) is 5.82 Å². The summed E-state index contributed by atoms with van der Waals surface area (Å²) >= 11 is 1.59. The van der Waals surface area contributed by atoms with Crippen LogP contribution in [-0.4, -0.2) is 12.2 Å². The molecule has 0 heterocycles. The minimum absolute atomic E-state index is 0.216. The van der Waals surface area contributed by atoms with Crippen LogP contribution in [0.2, 0.25) is 0 Å². The summed E-state index contributed by atoms with van der Waals surface area (Å²) in [6, 6.07) is 13.9. The second kappa shape index (κ2) is 6.38. The number of anilines is 1. The molecule has 0 aliphatic rings. The quantitative estimate of drug-likeness (QED) is 0.861. The lowest BCUT2D eigenvalue weighted by Crippen LogP contribution is -2.15. The standard InChI is InChI=1S/C15H14FNOS/c1-19-14-9-5-2-6-11(14)10-15(18)17-13-8-4-3-7-12(13)16/h2-9H,10H2,1H3,(H,17,18). The number of para-hydroxylation sites is 1. The number of benzene rings is 2. The zero-order chi connectivity index (χ0) is 13.7. The third-order valence-electron chi connectivity index (χ3n) is 2.69. The van der Waals surface area contributed by atoms with Crippen molar-refractivity contribution in [2.75, 3.05) is 11.6 Å². The van der Waals surface area contributed by atoms with Crippen molar-refractivity contribution >= 4 is 23.4 Å². The number of carbonyl (C=O) groups excluding carboxylic acids is 1. The van der Waals surface area contributed by atoms with Crippen LogP contribution in [0.3, 0.4) is 0 Å². The number of hydrogen-bond acceptors (Lipinski definition) is 2. The van der Waals surface area contributed by atoms with Crippen LogP contribution >= 0.6 is 11.8 Å². The van der Waals surface area contributed by atoms with Crippen LogP contribution in [0.25, 0.3) is 0 Å². The molecule has 2 aromatic carbocycles. The Labute approximate surface area is 116 Å². The van der Waals surface area contributed by atoms with Gasteiger partial charge in [-0.05, 0) is 30.0 Å². The third-order valence-corrected chi connectivity index (χ3v) is 3.53. The molecule has 2 aromatic rings. The molecule has 4 heteroatoms. The lowest BCUT2D eigenvalue weighted by atomic mass is 10.1. The van der Waals surface area contributed by atoms with Crippen LogP contribution in [0.4, 0.5) is 10.1 Å². The Morgan fingerprint density at radius 2 is 1.84 bits per heavy atom. The molecule has 0 saturated carbocycles. The topological polar surface area (TPSA) is 29.1 Å². The maximum absolute atomic E-state index is 13.4. The number of rotatable bonds is 4. The first kappa shape index (κ1) is 13.6. The predicted molar refractivity (Wildman–Crippen MR) is 77.0 cm³/mol. The molecule has 0 aromatic heterocycles. The molecule has 2 nitrogen and oxygen atoms in total. The van der Waals surface area contributed by atoms with E-state index in [1.165, 1.54) is 6.07 Å². The van der Waals surface area contributed by atoms with Crippen molar-refractivity contribution in [3.63, 3.8) is 0 Å². The largest absolute Gasteiger partial charge is 0.323 e. The van der Waals surface area contributed by atoms with Gasteiger partial charge in [0.2, 0.25) is 5.91 Å². The lowest BCUT2D eigenvalue weighted by Gasteiger charge is -2.08. The highest BCUT2D eigenvalue weighted by molar-refractivity contribution is 7.98. The maximum Gasteiger partial charge on any atom is 0.228 e. The second-order valence-corrected chi connectivity index (χ2v) is 4.86. The van der Waals surface area contributed by atoms with Crippen LogP contribution in [0.5, 0.6) is 0 Å². The van der Waals surface area contributed by atoms with Gasteiger partial charge >= 0.3 is 0 Å². The smallest absolute Gasteiger partial charge is 0.228 e. The fourth-order valence-electron chi connectivity index (χ4n) is 1.78. The third kappa shape index (κ3) is 3.58. The molecule has 0 aliphatic carbocycles. The Morgan fingerprint density at radius 3 is 2.58 bits per heavy atom. The highest BCUT2D eigenvalue weighted by Gasteiger charge is 2.09. The van der Waals surface area contributed by atoms with Crippen LogP contribution in [0.1, 0.15) is 5.56 Å². The summed E-state index contributed by atoms with van der Waals surface area (Å²) in [6.07, 6.45) is 2.21. The Hall–Kier alpha value is -1.81. The fraction of sp³-hybridized carbons (Fsp3) is 0.133. The minimum Gasteiger partial charge on any atom is -0.323 e. The SMILES string of the molecule is CSc1ccccc1CC(=O)Nc1ccccc1F. The van der Waals surface area contributed by atoms with E-state index in [1.54, 1.807) is 30.0 Å². The molecule has 0 bridgehead atoms. The Morgan fingerprint density at radius 1 is 1.16 bits per heavy atom. The highest BCUT2D eigenvalue weighted by Crippen LogP contribution is 2.21.